The van der Waals surface area contributed by atoms with Crippen LogP contribution in [0.2, 0.25) is 0 Å². The lowest BCUT2D eigenvalue weighted by atomic mass is 9.92. The Kier molecular flexibility index (Phi) is 3.68. The van der Waals surface area contributed by atoms with Gasteiger partial charge < -0.3 is 10.6 Å². The van der Waals surface area contributed by atoms with Crippen molar-refractivity contribution >= 4 is 5.91 Å². The second-order valence-corrected chi connectivity index (χ2v) is 4.37. The Labute approximate surface area is 101 Å². The summed E-state index contributed by atoms with van der Waals surface area (Å²) in [6.45, 7) is 3.66. The molecule has 1 saturated heterocycles. The van der Waals surface area contributed by atoms with Gasteiger partial charge in [0.25, 0.3) is 0 Å². The van der Waals surface area contributed by atoms with E-state index in [0.717, 1.165) is 37.3 Å². The van der Waals surface area contributed by atoms with E-state index in [0.29, 0.717) is 12.5 Å². The maximum absolute atomic E-state index is 11.2. The monoisotopic (exact) mass is 234 g/mol. The van der Waals surface area contributed by atoms with Crippen LogP contribution in [-0.4, -0.2) is 33.9 Å². The molecule has 0 atom stereocenters. The number of piperidine rings is 1. The van der Waals surface area contributed by atoms with Crippen molar-refractivity contribution in [2.75, 3.05) is 13.1 Å². The quantitative estimate of drug-likeness (QED) is 0.816. The fourth-order valence-corrected chi connectivity index (χ4v) is 2.34. The molecule has 17 heavy (non-hydrogen) atoms. The predicted molar refractivity (Wildman–Crippen MR) is 64.2 cm³/mol. The van der Waals surface area contributed by atoms with E-state index in [9.17, 15) is 4.79 Å². The van der Waals surface area contributed by atoms with E-state index < -0.39 is 0 Å². The number of carbonyl (C=O) groups excluding carboxylic acids is 1. The number of nitrogens with zero attached hydrogens (tertiary/aromatic N) is 3. The maximum Gasteiger partial charge on any atom is 0.219 e. The van der Waals surface area contributed by atoms with Gasteiger partial charge in [-0.15, -0.1) is 0 Å². The minimum Gasteiger partial charge on any atom is -0.343 e. The Morgan fingerprint density at radius 1 is 1.41 bits per heavy atom. The molecule has 1 aromatic rings. The smallest absolute Gasteiger partial charge is 0.219 e. The summed E-state index contributed by atoms with van der Waals surface area (Å²) in [5.41, 5.74) is 7.56. The van der Waals surface area contributed by atoms with Crippen molar-refractivity contribution in [1.29, 1.82) is 0 Å². The van der Waals surface area contributed by atoms with Crippen LogP contribution in [0.3, 0.4) is 0 Å². The highest BCUT2D eigenvalue weighted by Crippen LogP contribution is 2.27. The second kappa shape index (κ2) is 5.23. The Bertz CT molecular complexity index is 399. The number of aromatic nitrogens is 2. The SMILES string of the molecule is CC(=O)N1CCC(c2nccnc2CN)CC1. The second-order valence-electron chi connectivity index (χ2n) is 4.37. The minimum absolute atomic E-state index is 0.154. The fraction of sp³-hybridized carbons (Fsp3) is 0.583. The van der Waals surface area contributed by atoms with Crippen molar-refractivity contribution in [3.8, 4) is 0 Å². The van der Waals surface area contributed by atoms with E-state index in [4.69, 9.17) is 5.73 Å². The molecular weight excluding hydrogens is 216 g/mol. The Balaban J connectivity index is 2.07. The van der Waals surface area contributed by atoms with Crippen LogP contribution in [0.15, 0.2) is 12.4 Å². The van der Waals surface area contributed by atoms with Crippen LogP contribution in [0, 0.1) is 0 Å². The third-order valence-corrected chi connectivity index (χ3v) is 3.33. The molecule has 1 aliphatic rings. The fourth-order valence-electron chi connectivity index (χ4n) is 2.34. The summed E-state index contributed by atoms with van der Waals surface area (Å²) in [6, 6.07) is 0. The number of carbonyl (C=O) groups is 1. The van der Waals surface area contributed by atoms with Gasteiger partial charge in [-0.1, -0.05) is 0 Å². The summed E-state index contributed by atoms with van der Waals surface area (Å²) in [7, 11) is 0. The first-order valence-corrected chi connectivity index (χ1v) is 5.97. The molecule has 1 aromatic heterocycles. The molecule has 1 fully saturated rings. The molecule has 0 unspecified atom stereocenters. The topological polar surface area (TPSA) is 72.1 Å². The van der Waals surface area contributed by atoms with E-state index in [-0.39, 0.29) is 5.91 Å². The van der Waals surface area contributed by atoms with Crippen LogP contribution in [-0.2, 0) is 11.3 Å². The number of hydrogen-bond acceptors (Lipinski definition) is 4. The van der Waals surface area contributed by atoms with Crippen molar-refractivity contribution in [2.24, 2.45) is 5.73 Å². The number of hydrogen-bond donors (Lipinski definition) is 1. The average molecular weight is 234 g/mol. The first-order chi connectivity index (χ1) is 8.22. The number of rotatable bonds is 2. The van der Waals surface area contributed by atoms with Crippen LogP contribution in [0.25, 0.3) is 0 Å². The molecule has 1 aliphatic heterocycles. The van der Waals surface area contributed by atoms with Gasteiger partial charge in [-0.05, 0) is 12.8 Å². The lowest BCUT2D eigenvalue weighted by molar-refractivity contribution is -0.129. The summed E-state index contributed by atoms with van der Waals surface area (Å²) < 4.78 is 0. The largest absolute Gasteiger partial charge is 0.343 e. The zero-order chi connectivity index (χ0) is 12.3. The van der Waals surface area contributed by atoms with Crippen molar-refractivity contribution in [3.63, 3.8) is 0 Å². The number of amides is 1. The molecule has 2 rings (SSSR count). The summed E-state index contributed by atoms with van der Waals surface area (Å²) >= 11 is 0. The lowest BCUT2D eigenvalue weighted by Crippen LogP contribution is -2.36. The molecule has 2 N–H and O–H groups in total. The Morgan fingerprint density at radius 2 is 2.06 bits per heavy atom. The Morgan fingerprint density at radius 3 is 2.65 bits per heavy atom. The van der Waals surface area contributed by atoms with E-state index in [2.05, 4.69) is 9.97 Å². The van der Waals surface area contributed by atoms with Crippen LogP contribution in [0.4, 0.5) is 0 Å². The molecule has 1 amide bonds. The standard InChI is InChI=1S/C12H18N4O/c1-9(17)16-6-2-10(3-7-16)12-11(8-13)14-4-5-15-12/h4-5,10H,2-3,6-8,13H2,1H3. The van der Waals surface area contributed by atoms with Gasteiger partial charge in [-0.2, -0.15) is 0 Å². The van der Waals surface area contributed by atoms with Crippen LogP contribution < -0.4 is 5.73 Å². The van der Waals surface area contributed by atoms with E-state index >= 15 is 0 Å². The van der Waals surface area contributed by atoms with Gasteiger partial charge in [-0.3, -0.25) is 14.8 Å². The average Bonchev–Trinajstić information content (AvgIpc) is 2.39. The molecule has 0 saturated carbocycles. The minimum atomic E-state index is 0.154. The summed E-state index contributed by atoms with van der Waals surface area (Å²) in [6.07, 6.45) is 5.29. The molecule has 92 valence electrons. The van der Waals surface area contributed by atoms with Crippen molar-refractivity contribution < 1.29 is 4.79 Å². The van der Waals surface area contributed by atoms with Gasteiger partial charge >= 0.3 is 0 Å². The van der Waals surface area contributed by atoms with Crippen LogP contribution >= 0.6 is 0 Å². The van der Waals surface area contributed by atoms with Gasteiger partial charge in [0.1, 0.15) is 0 Å². The molecular formula is C12H18N4O. The van der Waals surface area contributed by atoms with Crippen molar-refractivity contribution in [3.05, 3.63) is 23.8 Å². The van der Waals surface area contributed by atoms with Crippen LogP contribution in [0.5, 0.6) is 0 Å². The highest BCUT2D eigenvalue weighted by molar-refractivity contribution is 5.73. The number of nitrogens with two attached hydrogens (primary N) is 1. The van der Waals surface area contributed by atoms with E-state index in [1.807, 2.05) is 4.90 Å². The first kappa shape index (κ1) is 12.0. The summed E-state index contributed by atoms with van der Waals surface area (Å²) in [5.74, 6) is 0.541. The summed E-state index contributed by atoms with van der Waals surface area (Å²) in [5, 5.41) is 0. The Hall–Kier alpha value is -1.49. The van der Waals surface area contributed by atoms with Gasteiger partial charge in [0.15, 0.2) is 0 Å². The molecule has 0 aliphatic carbocycles. The first-order valence-electron chi connectivity index (χ1n) is 5.97. The van der Waals surface area contributed by atoms with Crippen LogP contribution in [0.1, 0.15) is 37.1 Å². The highest BCUT2D eigenvalue weighted by atomic mass is 16.2. The molecule has 0 radical (unpaired) electrons. The summed E-state index contributed by atoms with van der Waals surface area (Å²) in [4.78, 5) is 21.8. The number of likely N-dealkylation sites (tertiary alicyclic amines) is 1. The molecule has 2 heterocycles. The zero-order valence-electron chi connectivity index (χ0n) is 10.1. The molecule has 0 aromatic carbocycles. The third kappa shape index (κ3) is 2.61. The van der Waals surface area contributed by atoms with Gasteiger partial charge in [-0.25, -0.2) is 0 Å². The lowest BCUT2D eigenvalue weighted by Gasteiger charge is -2.31. The third-order valence-electron chi connectivity index (χ3n) is 3.33. The molecule has 0 bridgehead atoms. The molecule has 0 spiro atoms. The predicted octanol–water partition coefficient (Wildman–Crippen LogP) is 0.661. The normalized spacial score (nSPS) is 17.2. The van der Waals surface area contributed by atoms with Crippen molar-refractivity contribution in [2.45, 2.75) is 32.2 Å². The van der Waals surface area contributed by atoms with Gasteiger partial charge in [0.05, 0.1) is 11.4 Å². The molecule has 5 heteroatoms. The van der Waals surface area contributed by atoms with E-state index in [1.165, 1.54) is 0 Å². The van der Waals surface area contributed by atoms with Crippen molar-refractivity contribution in [1.82, 2.24) is 14.9 Å². The maximum atomic E-state index is 11.2. The highest BCUT2D eigenvalue weighted by Gasteiger charge is 2.24. The molecule has 5 nitrogen and oxygen atoms in total. The van der Waals surface area contributed by atoms with Gasteiger partial charge in [0, 0.05) is 44.9 Å². The van der Waals surface area contributed by atoms with E-state index in [1.54, 1.807) is 19.3 Å². The zero-order valence-corrected chi connectivity index (χ0v) is 10.1. The van der Waals surface area contributed by atoms with Gasteiger partial charge in [0.2, 0.25) is 5.91 Å².